The van der Waals surface area contributed by atoms with Gasteiger partial charge >= 0.3 is 0 Å². The van der Waals surface area contributed by atoms with Crippen LogP contribution in [0.15, 0.2) is 0 Å². The third-order valence-corrected chi connectivity index (χ3v) is 28.2. The molecule has 14 heteroatoms. The molecular weight excluding hydrogens is 1280 g/mol. The Labute approximate surface area is 621 Å². The van der Waals surface area contributed by atoms with E-state index in [9.17, 15) is 0 Å². The van der Waals surface area contributed by atoms with Gasteiger partial charge in [-0.05, 0) is 140 Å². The van der Waals surface area contributed by atoms with Gasteiger partial charge in [-0.1, -0.05) is 199 Å². The van der Waals surface area contributed by atoms with E-state index in [0.29, 0.717) is 101 Å². The van der Waals surface area contributed by atoms with Gasteiger partial charge in [0.15, 0.2) is 17.4 Å². The maximum atomic E-state index is 6.96. The van der Waals surface area contributed by atoms with E-state index in [1.807, 2.05) is 0 Å². The normalized spacial score (nSPS) is 48.2. The molecule has 0 amide bonds. The molecule has 0 aromatic carbocycles. The minimum absolute atomic E-state index is 0. The predicted molar refractivity (Wildman–Crippen MR) is 412 cm³/mol. The SMILES string of the molecule is C.C.CC(=P)C[C@H]1O[C@@H]2[C@H](C[C@H]1C)O[C@@]1(C[C@@H]2C)C[C@H](C)[C@@H]2O[C@](CC(C)C)(C(C)C)C[C@@H]2O1.CC[C@H](C)C[C@H](C)[C@@H]1C[C@@H]2O[C@@]3(C[C@H](C)[C@@H]2O1)C[C@H](C)[C@@H]1O[C@](CC(C)C)(C(C)C)C[C@@H]1O3.CC[C@H](C)[C@@H]1C[C@H]2O[C@@H]3[C@H](C[C@H]2O1)O[C@@]1(C[C@@H]3C)C[C@H](C)[C@@H]2O[C@](CC(C)C)(C(C)C)C[C@@H]2O1. The van der Waals surface area contributed by atoms with E-state index in [4.69, 9.17) is 61.6 Å². The van der Waals surface area contributed by atoms with Crippen LogP contribution < -0.4 is 0 Å². The summed E-state index contributed by atoms with van der Waals surface area (Å²) < 4.78 is 88.6. The van der Waals surface area contributed by atoms with Crippen LogP contribution in [-0.4, -0.2) is 143 Å². The zero-order valence-corrected chi connectivity index (χ0v) is 68.5. The number of hydrogen-bond donors (Lipinski definition) is 0. The summed E-state index contributed by atoms with van der Waals surface area (Å²) in [6.45, 7) is 57.8. The minimum Gasteiger partial charge on any atom is -0.372 e. The Morgan fingerprint density at radius 1 is 0.347 bits per heavy atom. The summed E-state index contributed by atoms with van der Waals surface area (Å²) in [7, 11) is 3.69. The van der Waals surface area contributed by atoms with Gasteiger partial charge in [0, 0.05) is 77.0 Å². The topological polar surface area (TPSA) is 120 Å². The van der Waals surface area contributed by atoms with E-state index in [-0.39, 0.29) is 123 Å². The van der Waals surface area contributed by atoms with E-state index in [1.54, 1.807) is 0 Å². The zero-order chi connectivity index (χ0) is 72.0. The fraction of sp³-hybridized carbons (Fsp3) is 0.989. The first-order chi connectivity index (χ1) is 46.4. The molecule has 0 aliphatic carbocycles. The molecule has 0 aromatic rings. The standard InChI is InChI=1S/C29H50O5.C29H52O4.C27H47O4P.2CH4/c1-9-18(6)21-10-23-22(30-21)11-24-26(31-23)19(7)13-29(32-24)14-20(8)27-25(33-29)15-28(34-27,17(4)5)12-16(2)3;1-10-19(6)11-20(7)23-12-24-26(30-23)21(8)14-29(31-24)15-22(9)27-25(32-29)16-28(33-27,18(4)5)13-17(2)3;1-15(2)11-26(16(3)4)14-23-25(31-26)19(7)13-27(30-23)12-18(6)24-22(29-27)9-17(5)21(28-24)10-20(8)32;;/h16-27H,9-15H2,1-8H3;17-27H,10-16H2,1-9H3;15-19,21-25,32H,9-14H2,1-8H3;2*1H4/t18-,19-,20-,21-,22+,23+,24-,25-,26-,27-,28-,29+;19-,20-,21-,22-,23-,24-,25-,26-,27-,28-,29+;17-,18+,19+,21-,22+,23+,24+,25+,26+,27-;;/m001../s1. The second-order valence-electron chi connectivity index (χ2n) is 39.2. The average molecular weight is 1440 g/mol. The first-order valence-corrected chi connectivity index (χ1v) is 42.2. The van der Waals surface area contributed by atoms with Gasteiger partial charge in [0.25, 0.3) is 0 Å². The molecule has 0 N–H and O–H groups in total. The second kappa shape index (κ2) is 33.3. The van der Waals surface area contributed by atoms with Crippen molar-refractivity contribution >= 4 is 14.2 Å². The van der Waals surface area contributed by atoms with Crippen LogP contribution in [0.2, 0.25) is 0 Å². The molecule has 0 bridgehead atoms. The predicted octanol–water partition coefficient (Wildman–Crippen LogP) is 20.7. The van der Waals surface area contributed by atoms with Crippen LogP contribution >= 0.6 is 8.86 Å². The van der Waals surface area contributed by atoms with Crippen molar-refractivity contribution in [3.63, 3.8) is 0 Å². The molecule has 0 saturated carbocycles. The molecule has 0 unspecified atom stereocenters. The summed E-state index contributed by atoms with van der Waals surface area (Å²) in [6.07, 6.45) is 23.5. The van der Waals surface area contributed by atoms with Crippen LogP contribution in [-0.2, 0) is 61.6 Å². The Hall–Kier alpha value is -0.350. The molecule has 13 fully saturated rings. The first kappa shape index (κ1) is 84.7. The van der Waals surface area contributed by atoms with Crippen molar-refractivity contribution in [2.24, 2.45) is 94.7 Å². The van der Waals surface area contributed by atoms with Crippen molar-refractivity contribution in [1.82, 2.24) is 0 Å². The molecule has 13 saturated heterocycles. The Balaban J connectivity index is 0.000000175. The molecule has 13 nitrogen and oxygen atoms in total. The summed E-state index contributed by atoms with van der Waals surface area (Å²) in [5.41, 5.74) is -0.235. The van der Waals surface area contributed by atoms with Gasteiger partial charge in [-0.15, -0.1) is 8.86 Å². The molecule has 101 heavy (non-hydrogen) atoms. The fourth-order valence-electron chi connectivity index (χ4n) is 22.7. The third-order valence-electron chi connectivity index (χ3n) is 28.0. The summed E-state index contributed by atoms with van der Waals surface area (Å²) in [5.74, 6) is 6.83. The monoisotopic (exact) mass is 1440 g/mol. The Kier molecular flexibility index (Phi) is 27.9. The summed E-state index contributed by atoms with van der Waals surface area (Å²) in [5, 5.41) is 1.26. The summed E-state index contributed by atoms with van der Waals surface area (Å²) >= 11 is 0. The maximum Gasteiger partial charge on any atom is 0.170 e. The number of ether oxygens (including phenoxy) is 13. The van der Waals surface area contributed by atoms with Crippen molar-refractivity contribution in [1.29, 1.82) is 0 Å². The van der Waals surface area contributed by atoms with Gasteiger partial charge in [-0.2, -0.15) is 0 Å². The summed E-state index contributed by atoms with van der Waals surface area (Å²) in [6, 6.07) is 0. The van der Waals surface area contributed by atoms with Gasteiger partial charge in [0.1, 0.15) is 0 Å². The van der Waals surface area contributed by atoms with E-state index in [0.717, 1.165) is 121 Å². The second-order valence-corrected chi connectivity index (χ2v) is 40.1. The molecule has 33 atom stereocenters. The molecule has 13 aliphatic heterocycles. The van der Waals surface area contributed by atoms with Crippen molar-refractivity contribution in [2.45, 2.75) is 454 Å². The Bertz CT molecular complexity index is 2640. The molecular formula is C87H157O13P. The van der Waals surface area contributed by atoms with Gasteiger partial charge in [-0.25, -0.2) is 0 Å². The highest BCUT2D eigenvalue weighted by Crippen LogP contribution is 2.59. The lowest BCUT2D eigenvalue weighted by molar-refractivity contribution is -0.368. The van der Waals surface area contributed by atoms with Crippen molar-refractivity contribution in [3.8, 4) is 0 Å². The lowest BCUT2D eigenvalue weighted by atomic mass is 9.76. The Morgan fingerprint density at radius 2 is 0.673 bits per heavy atom. The molecule has 3 spiro atoms. The van der Waals surface area contributed by atoms with Crippen LogP contribution in [0.5, 0.6) is 0 Å². The van der Waals surface area contributed by atoms with E-state index in [2.05, 4.69) is 182 Å². The maximum absolute atomic E-state index is 6.96. The van der Waals surface area contributed by atoms with Gasteiger partial charge in [0.2, 0.25) is 0 Å². The highest BCUT2D eigenvalue weighted by Gasteiger charge is 2.65. The molecule has 13 heterocycles. The van der Waals surface area contributed by atoms with Crippen molar-refractivity contribution < 1.29 is 61.6 Å². The minimum atomic E-state index is -0.514. The van der Waals surface area contributed by atoms with Crippen LogP contribution in [0.4, 0.5) is 0 Å². The third kappa shape index (κ3) is 17.9. The lowest BCUT2D eigenvalue weighted by Crippen LogP contribution is -2.62. The van der Waals surface area contributed by atoms with Gasteiger partial charge in [-0.3, -0.25) is 0 Å². The Morgan fingerprint density at radius 3 is 1.04 bits per heavy atom. The van der Waals surface area contributed by atoms with Crippen LogP contribution in [0.3, 0.4) is 0 Å². The quantitative estimate of drug-likeness (QED) is 0.129. The van der Waals surface area contributed by atoms with Gasteiger partial charge in [0.05, 0.1) is 121 Å². The largest absolute Gasteiger partial charge is 0.372 e. The first-order valence-electron chi connectivity index (χ1n) is 41.7. The fourth-order valence-corrected chi connectivity index (χ4v) is 22.9. The average Bonchev–Trinajstić information content (AvgIpc) is 1.70. The number of fused-ring (bicyclic) bond motifs is 7. The molecule has 588 valence electrons. The molecule has 0 radical (unpaired) electrons. The van der Waals surface area contributed by atoms with Crippen LogP contribution in [0.1, 0.15) is 316 Å². The highest BCUT2D eigenvalue weighted by atomic mass is 31.0. The van der Waals surface area contributed by atoms with E-state index in [1.165, 1.54) is 18.1 Å². The highest BCUT2D eigenvalue weighted by molar-refractivity contribution is 7.20. The van der Waals surface area contributed by atoms with Crippen LogP contribution in [0, 0.1) is 94.7 Å². The molecule has 13 aliphatic rings. The molecule has 0 aromatic heterocycles. The van der Waals surface area contributed by atoms with E-state index < -0.39 is 17.4 Å². The smallest absolute Gasteiger partial charge is 0.170 e. The van der Waals surface area contributed by atoms with Crippen molar-refractivity contribution in [2.75, 3.05) is 0 Å². The lowest BCUT2D eigenvalue weighted by Gasteiger charge is -2.55. The van der Waals surface area contributed by atoms with Crippen LogP contribution in [0.25, 0.3) is 0 Å². The zero-order valence-electron chi connectivity index (χ0n) is 67.5. The summed E-state index contributed by atoms with van der Waals surface area (Å²) in [4.78, 5) is 0. The van der Waals surface area contributed by atoms with E-state index >= 15 is 0 Å². The number of rotatable bonds is 17. The molecule has 13 rings (SSSR count). The van der Waals surface area contributed by atoms with Crippen molar-refractivity contribution in [3.05, 3.63) is 0 Å². The number of hydrogen-bond acceptors (Lipinski definition) is 13. The van der Waals surface area contributed by atoms with Gasteiger partial charge < -0.3 is 61.6 Å².